The van der Waals surface area contributed by atoms with Gasteiger partial charge < -0.3 is 15.0 Å². The average molecular weight is 298 g/mol. The van der Waals surface area contributed by atoms with E-state index in [2.05, 4.69) is 5.32 Å². The molecule has 0 radical (unpaired) electrons. The number of anilines is 2. The maximum absolute atomic E-state index is 12.3. The highest BCUT2D eigenvalue weighted by Crippen LogP contribution is 2.17. The van der Waals surface area contributed by atoms with Gasteiger partial charge in [0.25, 0.3) is 5.91 Å². The molecule has 0 aliphatic carbocycles. The molecular formula is C18H22N2O2. The lowest BCUT2D eigenvalue weighted by Gasteiger charge is -2.18. The molecule has 4 heteroatoms. The van der Waals surface area contributed by atoms with Gasteiger partial charge in [-0.1, -0.05) is 25.1 Å². The smallest absolute Gasteiger partial charge is 0.265 e. The van der Waals surface area contributed by atoms with Crippen LogP contribution in [0.25, 0.3) is 0 Å². The summed E-state index contributed by atoms with van der Waals surface area (Å²) in [5.74, 6) is 0.566. The Hall–Kier alpha value is -2.49. The molecule has 0 bridgehead atoms. The van der Waals surface area contributed by atoms with Gasteiger partial charge in [-0.25, -0.2) is 0 Å². The van der Waals surface area contributed by atoms with E-state index in [9.17, 15) is 4.79 Å². The minimum atomic E-state index is -0.504. The molecule has 2 aromatic carbocycles. The summed E-state index contributed by atoms with van der Waals surface area (Å²) in [5, 5.41) is 2.90. The molecule has 22 heavy (non-hydrogen) atoms. The second kappa shape index (κ2) is 7.50. The summed E-state index contributed by atoms with van der Waals surface area (Å²) in [4.78, 5) is 14.3. The molecule has 0 saturated carbocycles. The van der Waals surface area contributed by atoms with Gasteiger partial charge in [-0.05, 0) is 42.8 Å². The van der Waals surface area contributed by atoms with E-state index in [0.29, 0.717) is 12.2 Å². The number of para-hydroxylation sites is 1. The van der Waals surface area contributed by atoms with Crippen molar-refractivity contribution in [3.63, 3.8) is 0 Å². The van der Waals surface area contributed by atoms with Crippen LogP contribution in [-0.2, 0) is 4.79 Å². The summed E-state index contributed by atoms with van der Waals surface area (Å²) >= 11 is 0. The van der Waals surface area contributed by atoms with E-state index < -0.39 is 6.10 Å². The fourth-order valence-electron chi connectivity index (χ4n) is 2.05. The number of hydrogen-bond acceptors (Lipinski definition) is 3. The number of carbonyl (C=O) groups excluding carboxylic acids is 1. The molecule has 1 amide bonds. The van der Waals surface area contributed by atoms with Crippen LogP contribution >= 0.6 is 0 Å². The first-order valence-corrected chi connectivity index (χ1v) is 7.40. The summed E-state index contributed by atoms with van der Waals surface area (Å²) in [6.07, 6.45) is 0.104. The maximum Gasteiger partial charge on any atom is 0.265 e. The quantitative estimate of drug-likeness (QED) is 0.886. The number of benzene rings is 2. The highest BCUT2D eigenvalue weighted by atomic mass is 16.5. The zero-order chi connectivity index (χ0) is 15.9. The summed E-state index contributed by atoms with van der Waals surface area (Å²) in [5.41, 5.74) is 1.86. The van der Waals surface area contributed by atoms with Gasteiger partial charge >= 0.3 is 0 Å². The standard InChI is InChI=1S/C18H22N2O2/c1-4-17(22-16-8-6-5-7-9-16)18(21)19-14-10-12-15(13-11-14)20(2)3/h5-13,17H,4H2,1-3H3,(H,19,21). The monoisotopic (exact) mass is 298 g/mol. The lowest BCUT2D eigenvalue weighted by molar-refractivity contribution is -0.122. The largest absolute Gasteiger partial charge is 0.481 e. The van der Waals surface area contributed by atoms with Crippen LogP contribution < -0.4 is 15.0 Å². The summed E-state index contributed by atoms with van der Waals surface area (Å²) in [7, 11) is 3.96. The summed E-state index contributed by atoms with van der Waals surface area (Å²) in [6, 6.07) is 17.1. The fraction of sp³-hybridized carbons (Fsp3) is 0.278. The van der Waals surface area contributed by atoms with Crippen molar-refractivity contribution in [2.45, 2.75) is 19.4 Å². The van der Waals surface area contributed by atoms with E-state index >= 15 is 0 Å². The molecule has 2 aromatic rings. The number of rotatable bonds is 6. The van der Waals surface area contributed by atoms with Gasteiger partial charge in [0.05, 0.1) is 0 Å². The fourth-order valence-corrected chi connectivity index (χ4v) is 2.05. The van der Waals surface area contributed by atoms with Crippen LogP contribution in [0.1, 0.15) is 13.3 Å². The van der Waals surface area contributed by atoms with Crippen LogP contribution in [0.15, 0.2) is 54.6 Å². The molecule has 0 aromatic heterocycles. The normalized spacial score (nSPS) is 11.6. The van der Waals surface area contributed by atoms with Crippen molar-refractivity contribution in [2.75, 3.05) is 24.3 Å². The van der Waals surface area contributed by atoms with Gasteiger partial charge in [0.2, 0.25) is 0 Å². The van der Waals surface area contributed by atoms with Crippen LogP contribution in [0.5, 0.6) is 5.75 Å². The molecule has 0 spiro atoms. The van der Waals surface area contributed by atoms with Gasteiger partial charge in [0, 0.05) is 25.5 Å². The molecule has 2 rings (SSSR count). The first-order valence-electron chi connectivity index (χ1n) is 7.40. The van der Waals surface area contributed by atoms with E-state index in [4.69, 9.17) is 4.74 Å². The Morgan fingerprint density at radius 1 is 1.09 bits per heavy atom. The molecule has 4 nitrogen and oxygen atoms in total. The van der Waals surface area contributed by atoms with Crippen molar-refractivity contribution < 1.29 is 9.53 Å². The van der Waals surface area contributed by atoms with Crippen LogP contribution in [0, 0.1) is 0 Å². The molecule has 0 aliphatic rings. The highest BCUT2D eigenvalue weighted by Gasteiger charge is 2.18. The van der Waals surface area contributed by atoms with Crippen molar-refractivity contribution in [1.29, 1.82) is 0 Å². The summed E-state index contributed by atoms with van der Waals surface area (Å²) < 4.78 is 5.74. The minimum absolute atomic E-state index is 0.135. The average Bonchev–Trinajstić information content (AvgIpc) is 2.54. The molecule has 116 valence electrons. The van der Waals surface area contributed by atoms with Crippen LogP contribution in [0.3, 0.4) is 0 Å². The van der Waals surface area contributed by atoms with E-state index in [-0.39, 0.29) is 5.91 Å². The molecule has 0 fully saturated rings. The van der Waals surface area contributed by atoms with Crippen molar-refractivity contribution >= 4 is 17.3 Å². The SMILES string of the molecule is CCC(Oc1ccccc1)C(=O)Nc1ccc(N(C)C)cc1. The zero-order valence-electron chi connectivity index (χ0n) is 13.2. The van der Waals surface area contributed by atoms with Gasteiger partial charge in [-0.15, -0.1) is 0 Å². The van der Waals surface area contributed by atoms with Gasteiger partial charge in [-0.3, -0.25) is 4.79 Å². The van der Waals surface area contributed by atoms with Gasteiger partial charge in [-0.2, -0.15) is 0 Å². The number of amides is 1. The number of carbonyl (C=O) groups is 1. The molecule has 0 heterocycles. The highest BCUT2D eigenvalue weighted by molar-refractivity contribution is 5.94. The minimum Gasteiger partial charge on any atom is -0.481 e. The third-order valence-corrected chi connectivity index (χ3v) is 3.34. The Labute approximate surface area is 131 Å². The molecule has 1 atom stereocenters. The number of nitrogens with one attached hydrogen (secondary N) is 1. The van der Waals surface area contributed by atoms with Crippen LogP contribution in [0.4, 0.5) is 11.4 Å². The van der Waals surface area contributed by atoms with Crippen molar-refractivity contribution in [1.82, 2.24) is 0 Å². The Morgan fingerprint density at radius 3 is 2.27 bits per heavy atom. The van der Waals surface area contributed by atoms with Crippen LogP contribution in [0.2, 0.25) is 0 Å². The molecule has 0 aliphatic heterocycles. The third kappa shape index (κ3) is 4.25. The van der Waals surface area contributed by atoms with Crippen molar-refractivity contribution in [2.24, 2.45) is 0 Å². The Kier molecular flexibility index (Phi) is 5.42. The maximum atomic E-state index is 12.3. The first kappa shape index (κ1) is 15.9. The molecular weight excluding hydrogens is 276 g/mol. The van der Waals surface area contributed by atoms with E-state index in [1.807, 2.05) is 80.5 Å². The lowest BCUT2D eigenvalue weighted by Crippen LogP contribution is -2.32. The van der Waals surface area contributed by atoms with Gasteiger partial charge in [0.15, 0.2) is 6.10 Å². The van der Waals surface area contributed by atoms with E-state index in [1.165, 1.54) is 0 Å². The zero-order valence-corrected chi connectivity index (χ0v) is 13.2. The Bertz CT molecular complexity index is 594. The number of ether oxygens (including phenoxy) is 1. The van der Waals surface area contributed by atoms with Crippen molar-refractivity contribution in [3.05, 3.63) is 54.6 Å². The Balaban J connectivity index is 2.00. The third-order valence-electron chi connectivity index (χ3n) is 3.34. The Morgan fingerprint density at radius 2 is 1.73 bits per heavy atom. The molecule has 1 unspecified atom stereocenters. The predicted octanol–water partition coefficient (Wildman–Crippen LogP) is 3.55. The molecule has 0 saturated heterocycles. The van der Waals surface area contributed by atoms with E-state index in [1.54, 1.807) is 0 Å². The number of nitrogens with zero attached hydrogens (tertiary/aromatic N) is 1. The second-order valence-corrected chi connectivity index (χ2v) is 5.26. The second-order valence-electron chi connectivity index (χ2n) is 5.26. The van der Waals surface area contributed by atoms with Crippen molar-refractivity contribution in [3.8, 4) is 5.75 Å². The molecule has 1 N–H and O–H groups in total. The predicted molar refractivity (Wildman–Crippen MR) is 90.5 cm³/mol. The van der Waals surface area contributed by atoms with Gasteiger partial charge in [0.1, 0.15) is 5.75 Å². The van der Waals surface area contributed by atoms with Crippen LogP contribution in [-0.4, -0.2) is 26.1 Å². The first-order chi connectivity index (χ1) is 10.6. The lowest BCUT2D eigenvalue weighted by atomic mass is 10.2. The number of hydrogen-bond donors (Lipinski definition) is 1. The topological polar surface area (TPSA) is 41.6 Å². The summed E-state index contributed by atoms with van der Waals surface area (Å²) in [6.45, 7) is 1.93. The van der Waals surface area contributed by atoms with E-state index in [0.717, 1.165) is 11.4 Å².